The van der Waals surface area contributed by atoms with Crippen LogP contribution >= 0.6 is 0 Å². The molecule has 2 unspecified atom stereocenters. The Morgan fingerprint density at radius 3 is 2.79 bits per heavy atom. The first-order chi connectivity index (χ1) is 6.47. The second kappa shape index (κ2) is 4.95. The zero-order valence-corrected chi connectivity index (χ0v) is 7.93. The van der Waals surface area contributed by atoms with Gasteiger partial charge in [-0.15, -0.1) is 0 Å². The molecule has 0 aliphatic carbocycles. The van der Waals surface area contributed by atoms with E-state index in [0.717, 1.165) is 0 Å². The number of rotatable bonds is 3. The zero-order chi connectivity index (χ0) is 10.6. The third kappa shape index (κ3) is 4.78. The van der Waals surface area contributed by atoms with E-state index in [2.05, 4.69) is 10.3 Å². The summed E-state index contributed by atoms with van der Waals surface area (Å²) in [6.45, 7) is 1.20. The second-order valence-electron chi connectivity index (χ2n) is 3.42. The first kappa shape index (κ1) is 11.7. The number of halogens is 3. The molecule has 1 saturated heterocycles. The van der Waals surface area contributed by atoms with Crippen LogP contribution in [0.15, 0.2) is 0 Å². The Balaban J connectivity index is 2.12. The topological polar surface area (TPSA) is 30.5 Å². The second-order valence-corrected chi connectivity index (χ2v) is 3.42. The van der Waals surface area contributed by atoms with Crippen molar-refractivity contribution in [3.63, 3.8) is 0 Å². The van der Waals surface area contributed by atoms with Gasteiger partial charge in [0.05, 0.1) is 6.10 Å². The first-order valence-electron chi connectivity index (χ1n) is 4.53. The fourth-order valence-corrected chi connectivity index (χ4v) is 1.35. The molecule has 84 valence electrons. The minimum absolute atomic E-state index is 0.0406. The minimum Gasteiger partial charge on any atom is -0.378 e. The summed E-state index contributed by atoms with van der Waals surface area (Å²) in [5.74, 6) is 0. The lowest BCUT2D eigenvalue weighted by Gasteiger charge is -2.27. The fraction of sp³-hybridized carbons (Fsp3) is 1.00. The van der Waals surface area contributed by atoms with Gasteiger partial charge in [-0.05, 0) is 19.8 Å². The van der Waals surface area contributed by atoms with Crippen LogP contribution < -0.4 is 5.48 Å². The number of alkyl halides is 3. The summed E-state index contributed by atoms with van der Waals surface area (Å²) in [5, 5.41) is 0. The summed E-state index contributed by atoms with van der Waals surface area (Å²) in [6.07, 6.45) is -2.83. The van der Waals surface area contributed by atoms with Crippen LogP contribution in [0.3, 0.4) is 0 Å². The van der Waals surface area contributed by atoms with E-state index in [9.17, 15) is 13.2 Å². The van der Waals surface area contributed by atoms with Crippen LogP contribution in [0.25, 0.3) is 0 Å². The highest BCUT2D eigenvalue weighted by molar-refractivity contribution is 4.71. The molecule has 0 aromatic carbocycles. The summed E-state index contributed by atoms with van der Waals surface area (Å²) >= 11 is 0. The highest BCUT2D eigenvalue weighted by Gasteiger charge is 2.28. The van der Waals surface area contributed by atoms with Crippen LogP contribution in [0.2, 0.25) is 0 Å². The Kier molecular flexibility index (Phi) is 4.15. The average molecular weight is 213 g/mol. The summed E-state index contributed by atoms with van der Waals surface area (Å²) in [6, 6.07) is -0.0406. The zero-order valence-electron chi connectivity index (χ0n) is 7.93. The molecule has 1 aliphatic rings. The fourth-order valence-electron chi connectivity index (χ4n) is 1.35. The molecule has 14 heavy (non-hydrogen) atoms. The van der Waals surface area contributed by atoms with Crippen LogP contribution in [0.5, 0.6) is 0 Å². The van der Waals surface area contributed by atoms with Crippen LogP contribution in [-0.2, 0) is 9.57 Å². The maximum atomic E-state index is 11.7. The minimum atomic E-state index is -4.27. The van der Waals surface area contributed by atoms with Crippen molar-refractivity contribution >= 4 is 0 Å². The van der Waals surface area contributed by atoms with Gasteiger partial charge in [0.15, 0.2) is 6.61 Å². The van der Waals surface area contributed by atoms with Crippen molar-refractivity contribution in [1.29, 1.82) is 0 Å². The van der Waals surface area contributed by atoms with Crippen LogP contribution in [0.4, 0.5) is 13.2 Å². The Morgan fingerprint density at radius 1 is 1.50 bits per heavy atom. The number of hydroxylamine groups is 1. The molecule has 0 spiro atoms. The Bertz CT molecular complexity index is 174. The number of ether oxygens (including phenoxy) is 1. The molecule has 0 amide bonds. The monoisotopic (exact) mass is 213 g/mol. The average Bonchev–Trinajstić information content (AvgIpc) is 2.01. The van der Waals surface area contributed by atoms with Crippen LogP contribution in [0.1, 0.15) is 19.8 Å². The highest BCUT2D eigenvalue weighted by Crippen LogP contribution is 2.16. The van der Waals surface area contributed by atoms with Crippen molar-refractivity contribution in [2.75, 3.05) is 13.2 Å². The molecule has 3 nitrogen and oxygen atoms in total. The summed E-state index contributed by atoms with van der Waals surface area (Å²) < 4.78 is 40.3. The summed E-state index contributed by atoms with van der Waals surface area (Å²) in [5.41, 5.74) is 2.41. The van der Waals surface area contributed by atoms with Crippen molar-refractivity contribution < 1.29 is 22.7 Å². The van der Waals surface area contributed by atoms with Crippen molar-refractivity contribution in [3.05, 3.63) is 0 Å². The first-order valence-corrected chi connectivity index (χ1v) is 4.53. The molecule has 1 fully saturated rings. The molecule has 1 aliphatic heterocycles. The third-order valence-corrected chi connectivity index (χ3v) is 1.97. The maximum absolute atomic E-state index is 11.7. The van der Waals surface area contributed by atoms with E-state index in [4.69, 9.17) is 4.74 Å². The van der Waals surface area contributed by atoms with E-state index in [1.165, 1.54) is 0 Å². The van der Waals surface area contributed by atoms with Crippen molar-refractivity contribution in [1.82, 2.24) is 5.48 Å². The standard InChI is InChI=1S/C8H14F3NO2/c1-6-4-7(2-3-13-6)12-14-5-8(9,10)11/h6-7,12H,2-5H2,1H3. The molecule has 6 heteroatoms. The van der Waals surface area contributed by atoms with Crippen molar-refractivity contribution in [3.8, 4) is 0 Å². The molecular weight excluding hydrogens is 199 g/mol. The van der Waals surface area contributed by atoms with Gasteiger partial charge in [0.1, 0.15) is 0 Å². The van der Waals surface area contributed by atoms with Gasteiger partial charge < -0.3 is 4.74 Å². The summed E-state index contributed by atoms with van der Waals surface area (Å²) in [7, 11) is 0. The van der Waals surface area contributed by atoms with Gasteiger partial charge in [-0.2, -0.15) is 18.7 Å². The third-order valence-electron chi connectivity index (χ3n) is 1.97. The number of hydrogen-bond acceptors (Lipinski definition) is 3. The van der Waals surface area contributed by atoms with Crippen molar-refractivity contribution in [2.45, 2.75) is 38.1 Å². The molecule has 2 atom stereocenters. The molecule has 0 radical (unpaired) electrons. The van der Waals surface area contributed by atoms with E-state index in [1.807, 2.05) is 6.92 Å². The lowest BCUT2D eigenvalue weighted by atomic mass is 10.1. The largest absolute Gasteiger partial charge is 0.413 e. The molecule has 1 heterocycles. The molecule has 0 aromatic rings. The number of hydrogen-bond donors (Lipinski definition) is 1. The van der Waals surface area contributed by atoms with Gasteiger partial charge in [-0.25, -0.2) is 0 Å². The lowest BCUT2D eigenvalue weighted by Crippen LogP contribution is -2.39. The van der Waals surface area contributed by atoms with Gasteiger partial charge in [-0.1, -0.05) is 0 Å². The Hall–Kier alpha value is -0.330. The van der Waals surface area contributed by atoms with Crippen LogP contribution in [0, 0.1) is 0 Å². The van der Waals surface area contributed by atoms with Gasteiger partial charge >= 0.3 is 6.18 Å². The van der Waals surface area contributed by atoms with E-state index in [0.29, 0.717) is 19.4 Å². The van der Waals surface area contributed by atoms with Gasteiger partial charge in [-0.3, -0.25) is 4.84 Å². The molecule has 1 N–H and O–H groups in total. The van der Waals surface area contributed by atoms with Gasteiger partial charge in [0.25, 0.3) is 0 Å². The van der Waals surface area contributed by atoms with Gasteiger partial charge in [0, 0.05) is 12.6 Å². The molecule has 0 aromatic heterocycles. The van der Waals surface area contributed by atoms with Crippen molar-refractivity contribution in [2.24, 2.45) is 0 Å². The van der Waals surface area contributed by atoms with E-state index < -0.39 is 12.8 Å². The molecular formula is C8H14F3NO2. The van der Waals surface area contributed by atoms with E-state index >= 15 is 0 Å². The highest BCUT2D eigenvalue weighted by atomic mass is 19.4. The number of nitrogens with one attached hydrogen (secondary N) is 1. The maximum Gasteiger partial charge on any atom is 0.413 e. The smallest absolute Gasteiger partial charge is 0.378 e. The SMILES string of the molecule is CC1CC(NOCC(F)(F)F)CCO1. The van der Waals surface area contributed by atoms with Crippen LogP contribution in [-0.4, -0.2) is 31.5 Å². The Morgan fingerprint density at radius 2 is 2.21 bits per heavy atom. The predicted molar refractivity (Wildman–Crippen MR) is 43.6 cm³/mol. The molecule has 1 rings (SSSR count). The predicted octanol–water partition coefficient (Wildman–Crippen LogP) is 1.64. The molecule has 0 bridgehead atoms. The Labute approximate surface area is 80.5 Å². The van der Waals surface area contributed by atoms with Gasteiger partial charge in [0.2, 0.25) is 0 Å². The normalized spacial score (nSPS) is 29.1. The lowest BCUT2D eigenvalue weighted by molar-refractivity contribution is -0.195. The van der Waals surface area contributed by atoms with E-state index in [-0.39, 0.29) is 12.1 Å². The quantitative estimate of drug-likeness (QED) is 0.723. The summed E-state index contributed by atoms with van der Waals surface area (Å²) in [4.78, 5) is 4.36. The van der Waals surface area contributed by atoms with E-state index in [1.54, 1.807) is 0 Å². The molecule has 0 saturated carbocycles.